The first-order valence-electron chi connectivity index (χ1n) is 7.52. The summed E-state index contributed by atoms with van der Waals surface area (Å²) in [6.45, 7) is 2.43. The third-order valence-corrected chi connectivity index (χ3v) is 4.18. The molecule has 1 aliphatic rings. The Morgan fingerprint density at radius 1 is 1.21 bits per heavy atom. The number of esters is 1. The van der Waals surface area contributed by atoms with E-state index in [9.17, 15) is 4.79 Å². The van der Waals surface area contributed by atoms with Crippen molar-refractivity contribution in [3.63, 3.8) is 0 Å². The molecule has 0 heterocycles. The van der Waals surface area contributed by atoms with E-state index in [2.05, 4.69) is 30.3 Å². The number of rotatable bonds is 5. The average molecular weight is 260 g/mol. The van der Waals surface area contributed by atoms with Crippen molar-refractivity contribution < 1.29 is 9.53 Å². The molecule has 1 aromatic rings. The lowest BCUT2D eigenvalue weighted by atomic mass is 9.74. The summed E-state index contributed by atoms with van der Waals surface area (Å²) in [5.74, 6) is 1.24. The summed E-state index contributed by atoms with van der Waals surface area (Å²) in [7, 11) is 0. The standard InChI is InChI=1S/C17H24O2/c1-2-17(18)19-13-12-15-10-6-7-11-16(15)14-8-4-3-5-9-14/h3-5,8-9,15-16H,2,6-7,10-13H2,1H3. The molecule has 0 radical (unpaired) electrons. The van der Waals surface area contributed by atoms with Gasteiger partial charge in [0.1, 0.15) is 0 Å². The highest BCUT2D eigenvalue weighted by molar-refractivity contribution is 5.68. The molecule has 0 N–H and O–H groups in total. The fourth-order valence-corrected chi connectivity index (χ4v) is 3.12. The minimum Gasteiger partial charge on any atom is -0.466 e. The summed E-state index contributed by atoms with van der Waals surface area (Å²) >= 11 is 0. The van der Waals surface area contributed by atoms with Crippen molar-refractivity contribution in [1.82, 2.24) is 0 Å². The first kappa shape index (κ1) is 14.1. The van der Waals surface area contributed by atoms with Gasteiger partial charge in [-0.3, -0.25) is 4.79 Å². The topological polar surface area (TPSA) is 26.3 Å². The van der Waals surface area contributed by atoms with Gasteiger partial charge in [0, 0.05) is 6.42 Å². The van der Waals surface area contributed by atoms with Crippen LogP contribution in [0.2, 0.25) is 0 Å². The van der Waals surface area contributed by atoms with Crippen LogP contribution in [0.1, 0.15) is 56.9 Å². The second-order valence-electron chi connectivity index (χ2n) is 5.42. The maximum Gasteiger partial charge on any atom is 0.305 e. The number of hydrogen-bond acceptors (Lipinski definition) is 2. The normalized spacial score (nSPS) is 23.0. The fraction of sp³-hybridized carbons (Fsp3) is 0.588. The molecule has 1 aliphatic carbocycles. The molecule has 0 amide bonds. The van der Waals surface area contributed by atoms with Crippen LogP contribution in [0, 0.1) is 5.92 Å². The number of ether oxygens (including phenoxy) is 1. The van der Waals surface area contributed by atoms with Gasteiger partial charge in [0.05, 0.1) is 6.61 Å². The molecule has 0 aromatic heterocycles. The first-order chi connectivity index (χ1) is 9.31. The second-order valence-corrected chi connectivity index (χ2v) is 5.42. The van der Waals surface area contributed by atoms with Gasteiger partial charge >= 0.3 is 5.97 Å². The predicted octanol–water partition coefficient (Wildman–Crippen LogP) is 4.30. The lowest BCUT2D eigenvalue weighted by molar-refractivity contribution is -0.143. The molecule has 2 unspecified atom stereocenters. The van der Waals surface area contributed by atoms with Gasteiger partial charge in [0.15, 0.2) is 0 Å². The molecule has 2 atom stereocenters. The minimum absolute atomic E-state index is 0.0768. The van der Waals surface area contributed by atoms with Crippen molar-refractivity contribution >= 4 is 5.97 Å². The van der Waals surface area contributed by atoms with E-state index in [0.29, 0.717) is 24.9 Å². The Balaban J connectivity index is 1.91. The molecule has 19 heavy (non-hydrogen) atoms. The smallest absolute Gasteiger partial charge is 0.305 e. The van der Waals surface area contributed by atoms with Crippen LogP contribution < -0.4 is 0 Å². The summed E-state index contributed by atoms with van der Waals surface area (Å²) in [6.07, 6.45) is 6.66. The molecule has 2 nitrogen and oxygen atoms in total. The Labute approximate surface area is 116 Å². The monoisotopic (exact) mass is 260 g/mol. The summed E-state index contributed by atoms with van der Waals surface area (Å²) < 4.78 is 5.24. The number of benzene rings is 1. The summed E-state index contributed by atoms with van der Waals surface area (Å²) in [5.41, 5.74) is 1.45. The van der Waals surface area contributed by atoms with Gasteiger partial charge in [-0.1, -0.05) is 50.1 Å². The van der Waals surface area contributed by atoms with E-state index in [0.717, 1.165) is 6.42 Å². The van der Waals surface area contributed by atoms with Crippen LogP contribution in [0.25, 0.3) is 0 Å². The van der Waals surface area contributed by atoms with E-state index in [-0.39, 0.29) is 5.97 Å². The first-order valence-corrected chi connectivity index (χ1v) is 7.52. The highest BCUT2D eigenvalue weighted by Gasteiger charge is 2.26. The largest absolute Gasteiger partial charge is 0.466 e. The molecule has 2 rings (SSSR count). The SMILES string of the molecule is CCC(=O)OCCC1CCCCC1c1ccccc1. The lowest BCUT2D eigenvalue weighted by Gasteiger charge is -2.32. The third kappa shape index (κ3) is 4.09. The van der Waals surface area contributed by atoms with Gasteiger partial charge in [-0.05, 0) is 36.7 Å². The summed E-state index contributed by atoms with van der Waals surface area (Å²) in [6, 6.07) is 10.8. The van der Waals surface area contributed by atoms with Gasteiger partial charge in [0.25, 0.3) is 0 Å². The quantitative estimate of drug-likeness (QED) is 0.738. The molecule has 104 valence electrons. The van der Waals surface area contributed by atoms with E-state index in [1.165, 1.54) is 31.2 Å². The van der Waals surface area contributed by atoms with Crippen LogP contribution in [0.4, 0.5) is 0 Å². The van der Waals surface area contributed by atoms with Crippen LogP contribution in [0.5, 0.6) is 0 Å². The minimum atomic E-state index is -0.0768. The molecule has 0 bridgehead atoms. The van der Waals surface area contributed by atoms with Crippen LogP contribution in [0.3, 0.4) is 0 Å². The molecule has 1 saturated carbocycles. The van der Waals surface area contributed by atoms with E-state index in [4.69, 9.17) is 4.74 Å². The van der Waals surface area contributed by atoms with Crippen molar-refractivity contribution in [2.75, 3.05) is 6.61 Å². The molecule has 0 saturated heterocycles. The molecule has 0 spiro atoms. The predicted molar refractivity (Wildman–Crippen MR) is 77.0 cm³/mol. The zero-order valence-corrected chi connectivity index (χ0v) is 11.8. The molecular formula is C17H24O2. The summed E-state index contributed by atoms with van der Waals surface area (Å²) in [5, 5.41) is 0. The molecule has 1 fully saturated rings. The van der Waals surface area contributed by atoms with Crippen LogP contribution in [-0.4, -0.2) is 12.6 Å². The van der Waals surface area contributed by atoms with Crippen molar-refractivity contribution in [2.24, 2.45) is 5.92 Å². The zero-order valence-electron chi connectivity index (χ0n) is 11.8. The zero-order chi connectivity index (χ0) is 13.5. The molecule has 0 aliphatic heterocycles. The number of hydrogen-bond donors (Lipinski definition) is 0. The van der Waals surface area contributed by atoms with Crippen LogP contribution in [0.15, 0.2) is 30.3 Å². The Morgan fingerprint density at radius 2 is 1.95 bits per heavy atom. The maximum atomic E-state index is 11.2. The maximum absolute atomic E-state index is 11.2. The van der Waals surface area contributed by atoms with Crippen LogP contribution in [-0.2, 0) is 9.53 Å². The third-order valence-electron chi connectivity index (χ3n) is 4.18. The Bertz CT molecular complexity index is 386. The summed E-state index contributed by atoms with van der Waals surface area (Å²) in [4.78, 5) is 11.2. The van der Waals surface area contributed by atoms with Crippen LogP contribution >= 0.6 is 0 Å². The Morgan fingerprint density at radius 3 is 2.68 bits per heavy atom. The fourth-order valence-electron chi connectivity index (χ4n) is 3.12. The van der Waals surface area contributed by atoms with E-state index in [1.54, 1.807) is 0 Å². The van der Waals surface area contributed by atoms with Gasteiger partial charge in [-0.15, -0.1) is 0 Å². The second kappa shape index (κ2) is 7.32. The van der Waals surface area contributed by atoms with Gasteiger partial charge in [-0.2, -0.15) is 0 Å². The molecule has 2 heteroatoms. The van der Waals surface area contributed by atoms with E-state index < -0.39 is 0 Å². The van der Waals surface area contributed by atoms with Crippen molar-refractivity contribution in [3.05, 3.63) is 35.9 Å². The van der Waals surface area contributed by atoms with E-state index >= 15 is 0 Å². The van der Waals surface area contributed by atoms with Gasteiger partial charge < -0.3 is 4.74 Å². The van der Waals surface area contributed by atoms with Gasteiger partial charge in [0.2, 0.25) is 0 Å². The highest BCUT2D eigenvalue weighted by Crippen LogP contribution is 2.39. The average Bonchev–Trinajstić information content (AvgIpc) is 2.48. The number of carbonyl (C=O) groups excluding carboxylic acids is 1. The van der Waals surface area contributed by atoms with Crippen molar-refractivity contribution in [2.45, 2.75) is 51.4 Å². The molecule has 1 aromatic carbocycles. The van der Waals surface area contributed by atoms with Crippen molar-refractivity contribution in [3.8, 4) is 0 Å². The number of carbonyl (C=O) groups is 1. The highest BCUT2D eigenvalue weighted by atomic mass is 16.5. The Hall–Kier alpha value is -1.31. The molecular weight excluding hydrogens is 236 g/mol. The van der Waals surface area contributed by atoms with E-state index in [1.807, 2.05) is 6.92 Å². The van der Waals surface area contributed by atoms with Gasteiger partial charge in [-0.25, -0.2) is 0 Å². The Kier molecular flexibility index (Phi) is 5.44. The van der Waals surface area contributed by atoms with Crippen molar-refractivity contribution in [1.29, 1.82) is 0 Å². The lowest BCUT2D eigenvalue weighted by Crippen LogP contribution is -2.20.